The molecule has 1 aliphatic rings. The Morgan fingerprint density at radius 2 is 2.05 bits per heavy atom. The maximum atomic E-state index is 13.8. The Balaban J connectivity index is 2.04. The molecule has 4 heteroatoms. The summed E-state index contributed by atoms with van der Waals surface area (Å²) in [5.41, 5.74) is 0.426. The molecule has 0 bridgehead atoms. The van der Waals surface area contributed by atoms with Gasteiger partial charge in [0.1, 0.15) is 5.82 Å². The number of carboxylic acid groups (broad SMARTS) is 1. The molecule has 2 rings (SSSR count). The molecule has 0 aromatic heterocycles. The maximum absolute atomic E-state index is 13.8. The van der Waals surface area contributed by atoms with E-state index in [9.17, 15) is 9.18 Å². The number of carboxylic acids is 1. The van der Waals surface area contributed by atoms with E-state index in [0.29, 0.717) is 11.6 Å². The summed E-state index contributed by atoms with van der Waals surface area (Å²) in [5.74, 6) is 0.0197. The summed E-state index contributed by atoms with van der Waals surface area (Å²) in [6, 6.07) is 4.14. The van der Waals surface area contributed by atoms with Gasteiger partial charge in [0.15, 0.2) is 0 Å². The minimum absolute atomic E-state index is 0.118. The molecule has 0 heterocycles. The molecule has 21 heavy (non-hydrogen) atoms. The van der Waals surface area contributed by atoms with Gasteiger partial charge in [0, 0.05) is 6.04 Å². The Bertz CT molecular complexity index is 502. The first-order valence-electron chi connectivity index (χ1n) is 7.76. The van der Waals surface area contributed by atoms with Crippen LogP contribution in [0.3, 0.4) is 0 Å². The summed E-state index contributed by atoms with van der Waals surface area (Å²) in [6.07, 6.45) is 5.55. The molecule has 1 aliphatic carbocycles. The lowest BCUT2D eigenvalue weighted by atomic mass is 9.89. The van der Waals surface area contributed by atoms with Crippen LogP contribution in [-0.4, -0.2) is 17.1 Å². The van der Waals surface area contributed by atoms with Crippen molar-refractivity contribution in [2.45, 2.75) is 52.0 Å². The highest BCUT2D eigenvalue weighted by molar-refractivity contribution is 5.88. The minimum Gasteiger partial charge on any atom is -0.478 e. The van der Waals surface area contributed by atoms with E-state index in [-0.39, 0.29) is 17.4 Å². The molecule has 2 N–H and O–H groups in total. The van der Waals surface area contributed by atoms with Crippen LogP contribution in [0, 0.1) is 17.7 Å². The van der Waals surface area contributed by atoms with E-state index < -0.39 is 5.97 Å². The van der Waals surface area contributed by atoms with Gasteiger partial charge in [-0.25, -0.2) is 9.18 Å². The van der Waals surface area contributed by atoms with Gasteiger partial charge in [-0.2, -0.15) is 0 Å². The van der Waals surface area contributed by atoms with Crippen molar-refractivity contribution in [1.29, 1.82) is 0 Å². The number of benzene rings is 1. The third-order valence-electron chi connectivity index (χ3n) is 4.53. The number of hydrogen-bond donors (Lipinski definition) is 2. The minimum atomic E-state index is -1.03. The summed E-state index contributed by atoms with van der Waals surface area (Å²) >= 11 is 0. The van der Waals surface area contributed by atoms with Gasteiger partial charge >= 0.3 is 5.97 Å². The van der Waals surface area contributed by atoms with Gasteiger partial charge in [0.2, 0.25) is 0 Å². The van der Waals surface area contributed by atoms with Gasteiger partial charge in [-0.15, -0.1) is 0 Å². The zero-order chi connectivity index (χ0) is 15.4. The summed E-state index contributed by atoms with van der Waals surface area (Å²) < 4.78 is 13.8. The van der Waals surface area contributed by atoms with E-state index in [1.54, 1.807) is 0 Å². The zero-order valence-corrected chi connectivity index (χ0v) is 12.7. The van der Waals surface area contributed by atoms with E-state index in [2.05, 4.69) is 19.2 Å². The number of nitrogens with one attached hydrogen (secondary N) is 1. The van der Waals surface area contributed by atoms with E-state index in [4.69, 9.17) is 5.11 Å². The average molecular weight is 293 g/mol. The molecule has 0 saturated heterocycles. The van der Waals surface area contributed by atoms with Crippen LogP contribution in [0.2, 0.25) is 0 Å². The molecule has 3 nitrogen and oxygen atoms in total. The fraction of sp³-hybridized carbons (Fsp3) is 0.588. The van der Waals surface area contributed by atoms with Crippen molar-refractivity contribution in [1.82, 2.24) is 0 Å². The van der Waals surface area contributed by atoms with Crippen LogP contribution in [0.5, 0.6) is 0 Å². The van der Waals surface area contributed by atoms with E-state index in [0.717, 1.165) is 31.6 Å². The van der Waals surface area contributed by atoms with Crippen LogP contribution in [0.15, 0.2) is 18.2 Å². The van der Waals surface area contributed by atoms with Crippen LogP contribution in [-0.2, 0) is 0 Å². The van der Waals surface area contributed by atoms with Crippen molar-refractivity contribution in [3.05, 3.63) is 29.6 Å². The Labute approximate surface area is 125 Å². The molecule has 0 spiro atoms. The van der Waals surface area contributed by atoms with Crippen LogP contribution < -0.4 is 5.32 Å². The van der Waals surface area contributed by atoms with E-state index in [1.807, 2.05) is 0 Å². The summed E-state index contributed by atoms with van der Waals surface area (Å²) in [5, 5.41) is 12.2. The lowest BCUT2D eigenvalue weighted by Gasteiger charge is -2.20. The van der Waals surface area contributed by atoms with Crippen molar-refractivity contribution >= 4 is 11.7 Å². The SMILES string of the molecule is CC(C)C1CCCC(Nc2cc(C(=O)O)ccc2F)CC1. The van der Waals surface area contributed by atoms with Crippen LogP contribution in [0.4, 0.5) is 10.1 Å². The topological polar surface area (TPSA) is 49.3 Å². The summed E-state index contributed by atoms with van der Waals surface area (Å²) in [7, 11) is 0. The van der Waals surface area contributed by atoms with Crippen molar-refractivity contribution in [3.8, 4) is 0 Å². The molecule has 2 atom stereocenters. The first-order valence-corrected chi connectivity index (χ1v) is 7.76. The molecule has 116 valence electrons. The normalized spacial score (nSPS) is 22.9. The molecule has 0 amide bonds. The number of halogens is 1. The molecule has 0 radical (unpaired) electrons. The van der Waals surface area contributed by atoms with Crippen LogP contribution in [0.1, 0.15) is 56.3 Å². The molecular formula is C17H24FNO2. The lowest BCUT2D eigenvalue weighted by Crippen LogP contribution is -2.20. The predicted octanol–water partition coefficient (Wildman–Crippen LogP) is 4.54. The number of anilines is 1. The Morgan fingerprint density at radius 1 is 1.29 bits per heavy atom. The lowest BCUT2D eigenvalue weighted by molar-refractivity contribution is 0.0697. The van der Waals surface area contributed by atoms with Crippen LogP contribution >= 0.6 is 0 Å². The fourth-order valence-electron chi connectivity index (χ4n) is 3.13. The molecule has 1 saturated carbocycles. The van der Waals surface area contributed by atoms with E-state index in [1.165, 1.54) is 24.6 Å². The van der Waals surface area contributed by atoms with Gasteiger partial charge in [-0.1, -0.05) is 26.7 Å². The monoisotopic (exact) mass is 293 g/mol. The highest BCUT2D eigenvalue weighted by atomic mass is 19.1. The first kappa shape index (κ1) is 15.8. The molecule has 1 aromatic rings. The van der Waals surface area contributed by atoms with Crippen molar-refractivity contribution < 1.29 is 14.3 Å². The van der Waals surface area contributed by atoms with Gasteiger partial charge < -0.3 is 10.4 Å². The second-order valence-electron chi connectivity index (χ2n) is 6.35. The van der Waals surface area contributed by atoms with Crippen LogP contribution in [0.25, 0.3) is 0 Å². The molecule has 2 unspecified atom stereocenters. The summed E-state index contributed by atoms with van der Waals surface area (Å²) in [6.45, 7) is 4.52. The second kappa shape index (κ2) is 6.92. The molecule has 1 fully saturated rings. The average Bonchev–Trinajstić information content (AvgIpc) is 2.66. The number of aromatic carboxylic acids is 1. The van der Waals surface area contributed by atoms with Gasteiger partial charge in [0.25, 0.3) is 0 Å². The van der Waals surface area contributed by atoms with E-state index >= 15 is 0 Å². The molecule has 0 aliphatic heterocycles. The number of rotatable bonds is 4. The molecule has 1 aromatic carbocycles. The Morgan fingerprint density at radius 3 is 2.71 bits per heavy atom. The predicted molar refractivity (Wildman–Crippen MR) is 82.2 cm³/mol. The fourth-order valence-corrected chi connectivity index (χ4v) is 3.13. The number of hydrogen-bond acceptors (Lipinski definition) is 2. The quantitative estimate of drug-likeness (QED) is 0.801. The summed E-state index contributed by atoms with van der Waals surface area (Å²) in [4.78, 5) is 11.0. The highest BCUT2D eigenvalue weighted by Crippen LogP contribution is 2.30. The second-order valence-corrected chi connectivity index (χ2v) is 6.35. The molecular weight excluding hydrogens is 269 g/mol. The van der Waals surface area contributed by atoms with Gasteiger partial charge in [-0.3, -0.25) is 0 Å². The Hall–Kier alpha value is -1.58. The van der Waals surface area contributed by atoms with Crippen molar-refractivity contribution in [2.24, 2.45) is 11.8 Å². The maximum Gasteiger partial charge on any atom is 0.335 e. The highest BCUT2D eigenvalue weighted by Gasteiger charge is 2.21. The standard InChI is InChI=1S/C17H24FNO2/c1-11(2)12-4-3-5-14(8-6-12)19-16-10-13(17(20)21)7-9-15(16)18/h7,9-12,14,19H,3-6,8H2,1-2H3,(H,20,21). The smallest absolute Gasteiger partial charge is 0.335 e. The third-order valence-corrected chi connectivity index (χ3v) is 4.53. The van der Waals surface area contributed by atoms with Gasteiger partial charge in [-0.05, 0) is 49.3 Å². The third kappa shape index (κ3) is 4.19. The zero-order valence-electron chi connectivity index (χ0n) is 12.7. The van der Waals surface area contributed by atoms with Crippen molar-refractivity contribution in [2.75, 3.05) is 5.32 Å². The Kier molecular flexibility index (Phi) is 5.21. The largest absolute Gasteiger partial charge is 0.478 e. The van der Waals surface area contributed by atoms with Gasteiger partial charge in [0.05, 0.1) is 11.3 Å². The number of carbonyl (C=O) groups is 1. The van der Waals surface area contributed by atoms with Crippen molar-refractivity contribution in [3.63, 3.8) is 0 Å². The first-order chi connectivity index (χ1) is 9.97.